The van der Waals surface area contributed by atoms with Gasteiger partial charge in [-0.3, -0.25) is 0 Å². The molecular weight excluding hydrogens is 286 g/mol. The van der Waals surface area contributed by atoms with Gasteiger partial charge in [0.15, 0.2) is 0 Å². The fourth-order valence-electron chi connectivity index (χ4n) is 0. The van der Waals surface area contributed by atoms with Gasteiger partial charge in [-0.25, -0.2) is 0 Å². The Balaban J connectivity index is 0. The smallest absolute Gasteiger partial charge is 0 e. The normalized spacial score (nSPS) is 0. The van der Waals surface area contributed by atoms with Crippen LogP contribution in [0.4, 0.5) is 0 Å². The van der Waals surface area contributed by atoms with Crippen molar-refractivity contribution in [2.45, 2.75) is 0 Å². The summed E-state index contributed by atoms with van der Waals surface area (Å²) in [5, 5.41) is 0. The largest absolute Gasteiger partial charge is 0 e. The Labute approximate surface area is 176 Å². The first-order valence-electron chi connectivity index (χ1n) is 0. The summed E-state index contributed by atoms with van der Waals surface area (Å²) in [7, 11) is 0. The van der Waals surface area contributed by atoms with Crippen molar-refractivity contribution >= 4 is 180 Å². The number of rotatable bonds is 0. The molecule has 0 fully saturated rings. The summed E-state index contributed by atoms with van der Waals surface area (Å²) in [6, 6.07) is 0. The van der Waals surface area contributed by atoms with E-state index < -0.39 is 0 Å². The van der Waals surface area contributed by atoms with Crippen LogP contribution in [-0.2, 0) is 0 Å². The van der Waals surface area contributed by atoms with Crippen LogP contribution in [0.2, 0.25) is 0 Å². The molecular formula is Li7Sn2. The van der Waals surface area contributed by atoms with E-state index in [2.05, 4.69) is 0 Å². The molecule has 0 N–H and O–H groups in total. The van der Waals surface area contributed by atoms with Crippen molar-refractivity contribution in [3.8, 4) is 0 Å². The molecule has 15 valence electrons. The average Bonchev–Trinajstić information content (AvgIpc) is 0. The average molecular weight is 286 g/mol. The molecule has 0 aliphatic rings. The summed E-state index contributed by atoms with van der Waals surface area (Å²) in [6.07, 6.45) is 0. The summed E-state index contributed by atoms with van der Waals surface area (Å²) in [6.45, 7) is 0. The van der Waals surface area contributed by atoms with Gasteiger partial charge >= 0.3 is 0 Å². The van der Waals surface area contributed by atoms with Gasteiger partial charge in [-0.1, -0.05) is 0 Å². The molecule has 0 aliphatic carbocycles. The molecule has 0 aliphatic heterocycles. The molecule has 0 rings (SSSR count). The summed E-state index contributed by atoms with van der Waals surface area (Å²) in [5.41, 5.74) is 0. The number of hydrogen-bond acceptors (Lipinski definition) is 0. The van der Waals surface area contributed by atoms with Crippen LogP contribution < -0.4 is 0 Å². The van der Waals surface area contributed by atoms with E-state index >= 15 is 0 Å². The van der Waals surface area contributed by atoms with Crippen molar-refractivity contribution in [2.24, 2.45) is 0 Å². The van der Waals surface area contributed by atoms with Gasteiger partial charge in [-0.2, -0.15) is 0 Å². The van der Waals surface area contributed by atoms with Gasteiger partial charge in [0.1, 0.15) is 0 Å². The Morgan fingerprint density at radius 1 is 0.222 bits per heavy atom. The first-order valence-corrected chi connectivity index (χ1v) is 0. The predicted octanol–water partition coefficient (Wildman–Crippen LogP) is -3.43. The van der Waals surface area contributed by atoms with Crippen LogP contribution in [0.15, 0.2) is 0 Å². The monoisotopic (exact) mass is 289 g/mol. The maximum atomic E-state index is 0. The van der Waals surface area contributed by atoms with Crippen LogP contribution in [-0.4, -0.2) is 180 Å². The maximum Gasteiger partial charge on any atom is 0 e. The molecule has 0 spiro atoms. The number of hydrogen-bond donors (Lipinski definition) is 0. The summed E-state index contributed by atoms with van der Waals surface area (Å²) in [5.74, 6) is 0. The van der Waals surface area contributed by atoms with Crippen LogP contribution in [0.5, 0.6) is 0 Å². The molecule has 0 saturated heterocycles. The van der Waals surface area contributed by atoms with E-state index in [0.29, 0.717) is 0 Å². The van der Waals surface area contributed by atoms with Crippen molar-refractivity contribution in [2.75, 3.05) is 0 Å². The van der Waals surface area contributed by atoms with E-state index in [0.717, 1.165) is 0 Å². The fourth-order valence-corrected chi connectivity index (χ4v) is 0. The topological polar surface area (TPSA) is 0 Å². The van der Waals surface area contributed by atoms with Gasteiger partial charge in [-0.15, -0.1) is 0 Å². The van der Waals surface area contributed by atoms with Gasteiger partial charge in [0.2, 0.25) is 0 Å². The molecule has 9 heteroatoms. The van der Waals surface area contributed by atoms with Crippen molar-refractivity contribution in [3.05, 3.63) is 0 Å². The zero-order valence-corrected chi connectivity index (χ0v) is 13.7. The third kappa shape index (κ3) is 57.2. The summed E-state index contributed by atoms with van der Waals surface area (Å²) in [4.78, 5) is 0. The summed E-state index contributed by atoms with van der Waals surface area (Å²) >= 11 is 0. The van der Waals surface area contributed by atoms with Crippen LogP contribution in [0, 0.1) is 0 Å². The molecule has 0 nitrogen and oxygen atoms in total. The van der Waals surface area contributed by atoms with Crippen molar-refractivity contribution in [1.29, 1.82) is 0 Å². The standard InChI is InChI=1S/7Li.2Sn. The van der Waals surface area contributed by atoms with E-state index in [1.165, 1.54) is 0 Å². The molecule has 0 atom stereocenters. The first kappa shape index (κ1) is 84.0. The molecule has 0 aromatic rings. The molecule has 0 heterocycles. The van der Waals surface area contributed by atoms with Gasteiger partial charge in [0, 0.05) is 180 Å². The van der Waals surface area contributed by atoms with Crippen LogP contribution >= 0.6 is 0 Å². The summed E-state index contributed by atoms with van der Waals surface area (Å²) < 4.78 is 0. The van der Waals surface area contributed by atoms with Gasteiger partial charge in [0.25, 0.3) is 0 Å². The van der Waals surface area contributed by atoms with E-state index in [9.17, 15) is 0 Å². The van der Waals surface area contributed by atoms with Crippen LogP contribution in [0.3, 0.4) is 0 Å². The molecule has 0 saturated carbocycles. The van der Waals surface area contributed by atoms with Gasteiger partial charge in [-0.05, 0) is 0 Å². The van der Waals surface area contributed by atoms with Gasteiger partial charge in [0.05, 0.1) is 0 Å². The Bertz CT molecular complexity index is 6.88. The van der Waals surface area contributed by atoms with Crippen LogP contribution in [0.25, 0.3) is 0 Å². The van der Waals surface area contributed by atoms with Crippen molar-refractivity contribution in [3.63, 3.8) is 0 Å². The van der Waals surface area contributed by atoms with Crippen molar-refractivity contribution in [1.82, 2.24) is 0 Å². The zero-order valence-electron chi connectivity index (χ0n) is 8.00. The van der Waals surface area contributed by atoms with Crippen molar-refractivity contribution < 1.29 is 0 Å². The van der Waals surface area contributed by atoms with E-state index in [4.69, 9.17) is 0 Å². The minimum absolute atomic E-state index is 0. The zero-order chi connectivity index (χ0) is 0. The quantitative estimate of drug-likeness (QED) is 0.407. The van der Waals surface area contributed by atoms with E-state index in [1.807, 2.05) is 0 Å². The molecule has 0 aromatic heterocycles. The SMILES string of the molecule is [Li].[Li].[Li].[Li].[Li].[Li].[Li].[Sn].[Sn]. The third-order valence-electron chi connectivity index (χ3n) is 0. The molecule has 0 aromatic carbocycles. The van der Waals surface area contributed by atoms with E-state index in [1.54, 1.807) is 0 Å². The predicted molar refractivity (Wildman–Crippen MR) is 51.8 cm³/mol. The molecule has 0 bridgehead atoms. The Morgan fingerprint density at radius 3 is 0.222 bits per heavy atom. The minimum atomic E-state index is 0. The van der Waals surface area contributed by atoms with Crippen LogP contribution in [0.1, 0.15) is 0 Å². The maximum absolute atomic E-state index is 0. The Morgan fingerprint density at radius 2 is 0.222 bits per heavy atom. The molecule has 15 radical (unpaired) electrons. The minimum Gasteiger partial charge on any atom is 0 e. The van der Waals surface area contributed by atoms with Gasteiger partial charge < -0.3 is 0 Å². The Kier molecular flexibility index (Phi) is 629. The molecule has 0 unspecified atom stereocenters. The molecule has 0 amide bonds. The second-order valence-corrected chi connectivity index (χ2v) is 0. The van der Waals surface area contributed by atoms with E-state index in [-0.39, 0.29) is 180 Å². The first-order chi connectivity index (χ1) is 0. The Hall–Kier alpha value is 5.78. The second-order valence-electron chi connectivity index (χ2n) is 0. The fraction of sp³-hybridized carbons (Fsp3) is 0. The molecule has 9 heavy (non-hydrogen) atoms. The second kappa shape index (κ2) is 67.4. The third-order valence-corrected chi connectivity index (χ3v) is 0.